The van der Waals surface area contributed by atoms with Crippen molar-refractivity contribution >= 4 is 5.91 Å². The zero-order valence-corrected chi connectivity index (χ0v) is 11.5. The first-order chi connectivity index (χ1) is 8.72. The number of nitrogens with zero attached hydrogens (tertiary/aromatic N) is 2. The monoisotopic (exact) mass is 248 g/mol. The lowest BCUT2D eigenvalue weighted by molar-refractivity contribution is -0.138. The van der Waals surface area contributed by atoms with Gasteiger partial charge in [0.15, 0.2) is 0 Å². The molecule has 1 aliphatic carbocycles. The van der Waals surface area contributed by atoms with Crippen LogP contribution in [0.2, 0.25) is 0 Å². The van der Waals surface area contributed by atoms with Crippen molar-refractivity contribution in [2.75, 3.05) is 13.1 Å². The van der Waals surface area contributed by atoms with Crippen molar-refractivity contribution in [3.63, 3.8) is 0 Å². The van der Waals surface area contributed by atoms with Gasteiger partial charge in [0, 0.05) is 13.1 Å². The van der Waals surface area contributed by atoms with Gasteiger partial charge >= 0.3 is 0 Å². The van der Waals surface area contributed by atoms with Crippen molar-refractivity contribution in [1.82, 2.24) is 4.90 Å². The molecule has 18 heavy (non-hydrogen) atoms. The van der Waals surface area contributed by atoms with Crippen LogP contribution >= 0.6 is 0 Å². The van der Waals surface area contributed by atoms with Gasteiger partial charge in [-0.2, -0.15) is 5.26 Å². The topological polar surface area (TPSA) is 44.1 Å². The minimum atomic E-state index is -0.695. The Morgan fingerprint density at radius 2 is 2.00 bits per heavy atom. The Morgan fingerprint density at radius 1 is 1.33 bits per heavy atom. The maximum absolute atomic E-state index is 12.7. The Hall–Kier alpha value is -1.04. The van der Waals surface area contributed by atoms with E-state index in [0.717, 1.165) is 51.6 Å². The zero-order chi connectivity index (χ0) is 13.0. The molecule has 0 aromatic heterocycles. The Labute approximate surface area is 110 Å². The summed E-state index contributed by atoms with van der Waals surface area (Å²) in [5.41, 5.74) is -0.695. The van der Waals surface area contributed by atoms with E-state index in [0.29, 0.717) is 5.92 Å². The van der Waals surface area contributed by atoms with Gasteiger partial charge in [0.2, 0.25) is 5.91 Å². The predicted octanol–water partition coefficient (Wildman–Crippen LogP) is 3.11. The molecule has 0 N–H and O–H groups in total. The van der Waals surface area contributed by atoms with Gasteiger partial charge in [-0.05, 0) is 25.2 Å². The standard InChI is InChI=1S/C15H24N2O/c1-2-13-7-10-17(11-13)14(18)15(12-16)8-5-3-4-6-9-15/h13H,2-11H2,1H3. The summed E-state index contributed by atoms with van der Waals surface area (Å²) in [5.74, 6) is 0.776. The molecular weight excluding hydrogens is 224 g/mol. The number of nitriles is 1. The minimum absolute atomic E-state index is 0.128. The fourth-order valence-electron chi connectivity index (χ4n) is 3.36. The summed E-state index contributed by atoms with van der Waals surface area (Å²) in [6, 6.07) is 2.38. The first-order valence-corrected chi connectivity index (χ1v) is 7.42. The molecule has 1 atom stereocenters. The molecule has 0 aromatic carbocycles. The Balaban J connectivity index is 2.08. The molecule has 0 spiro atoms. The van der Waals surface area contributed by atoms with Crippen molar-refractivity contribution in [2.45, 2.75) is 58.3 Å². The van der Waals surface area contributed by atoms with Crippen LogP contribution < -0.4 is 0 Å². The van der Waals surface area contributed by atoms with Crippen molar-refractivity contribution in [3.05, 3.63) is 0 Å². The highest BCUT2D eigenvalue weighted by molar-refractivity contribution is 5.85. The van der Waals surface area contributed by atoms with E-state index in [-0.39, 0.29) is 5.91 Å². The molecule has 3 heteroatoms. The van der Waals surface area contributed by atoms with Crippen LogP contribution in [0, 0.1) is 22.7 Å². The molecule has 1 saturated carbocycles. The summed E-state index contributed by atoms with van der Waals surface area (Å²) in [6.07, 6.45) is 8.22. The highest BCUT2D eigenvalue weighted by atomic mass is 16.2. The number of carbonyl (C=O) groups excluding carboxylic acids is 1. The fraction of sp³-hybridized carbons (Fsp3) is 0.867. The number of carbonyl (C=O) groups is 1. The van der Waals surface area contributed by atoms with Gasteiger partial charge in [0.1, 0.15) is 5.41 Å². The van der Waals surface area contributed by atoms with E-state index in [4.69, 9.17) is 0 Å². The second-order valence-electron chi connectivity index (χ2n) is 5.92. The SMILES string of the molecule is CCC1CCN(C(=O)C2(C#N)CCCCCC2)C1. The zero-order valence-electron chi connectivity index (χ0n) is 11.5. The fourth-order valence-corrected chi connectivity index (χ4v) is 3.36. The number of amides is 1. The van der Waals surface area contributed by atoms with E-state index in [9.17, 15) is 10.1 Å². The van der Waals surface area contributed by atoms with Gasteiger partial charge in [-0.15, -0.1) is 0 Å². The number of hydrogen-bond donors (Lipinski definition) is 0. The summed E-state index contributed by atoms with van der Waals surface area (Å²) in [7, 11) is 0. The molecule has 1 unspecified atom stereocenters. The summed E-state index contributed by atoms with van der Waals surface area (Å²) in [6.45, 7) is 3.92. The third-order valence-electron chi connectivity index (χ3n) is 4.73. The quantitative estimate of drug-likeness (QED) is 0.705. The van der Waals surface area contributed by atoms with Crippen LogP contribution in [-0.4, -0.2) is 23.9 Å². The average Bonchev–Trinajstić information content (AvgIpc) is 2.75. The van der Waals surface area contributed by atoms with E-state index in [1.165, 1.54) is 12.8 Å². The highest BCUT2D eigenvalue weighted by Crippen LogP contribution is 2.37. The van der Waals surface area contributed by atoms with Crippen molar-refractivity contribution < 1.29 is 4.79 Å². The van der Waals surface area contributed by atoms with E-state index >= 15 is 0 Å². The van der Waals surface area contributed by atoms with Gasteiger partial charge in [-0.3, -0.25) is 4.79 Å². The Morgan fingerprint density at radius 3 is 2.50 bits per heavy atom. The van der Waals surface area contributed by atoms with Crippen LogP contribution in [0.15, 0.2) is 0 Å². The molecule has 2 rings (SSSR count). The normalized spacial score (nSPS) is 27.6. The third kappa shape index (κ3) is 2.53. The molecule has 3 nitrogen and oxygen atoms in total. The molecule has 2 aliphatic rings. The van der Waals surface area contributed by atoms with Crippen LogP contribution in [0.4, 0.5) is 0 Å². The molecule has 0 bridgehead atoms. The first kappa shape index (κ1) is 13.4. The van der Waals surface area contributed by atoms with Crippen LogP contribution in [0.1, 0.15) is 58.3 Å². The Bertz CT molecular complexity index is 337. The molecular formula is C15H24N2O. The van der Waals surface area contributed by atoms with Crippen LogP contribution in [-0.2, 0) is 4.79 Å². The second-order valence-corrected chi connectivity index (χ2v) is 5.92. The summed E-state index contributed by atoms with van der Waals surface area (Å²) < 4.78 is 0. The molecule has 1 amide bonds. The van der Waals surface area contributed by atoms with Gasteiger partial charge < -0.3 is 4.90 Å². The lowest BCUT2D eigenvalue weighted by Crippen LogP contribution is -2.42. The molecule has 1 aliphatic heterocycles. The van der Waals surface area contributed by atoms with E-state index < -0.39 is 5.41 Å². The van der Waals surface area contributed by atoms with Gasteiger partial charge in [0.05, 0.1) is 6.07 Å². The van der Waals surface area contributed by atoms with E-state index in [1.807, 2.05) is 4.90 Å². The highest BCUT2D eigenvalue weighted by Gasteiger charge is 2.43. The van der Waals surface area contributed by atoms with Crippen LogP contribution in [0.5, 0.6) is 0 Å². The minimum Gasteiger partial charge on any atom is -0.341 e. The summed E-state index contributed by atoms with van der Waals surface area (Å²) in [5, 5.41) is 9.52. The van der Waals surface area contributed by atoms with Gasteiger partial charge in [0.25, 0.3) is 0 Å². The molecule has 1 heterocycles. The van der Waals surface area contributed by atoms with Crippen molar-refractivity contribution in [3.8, 4) is 6.07 Å². The molecule has 1 saturated heterocycles. The lowest BCUT2D eigenvalue weighted by atomic mass is 9.80. The number of likely N-dealkylation sites (tertiary alicyclic amines) is 1. The summed E-state index contributed by atoms with van der Waals surface area (Å²) >= 11 is 0. The number of rotatable bonds is 2. The maximum atomic E-state index is 12.7. The second kappa shape index (κ2) is 5.73. The molecule has 0 aromatic rings. The van der Waals surface area contributed by atoms with Crippen molar-refractivity contribution in [2.24, 2.45) is 11.3 Å². The lowest BCUT2D eigenvalue weighted by Gasteiger charge is -2.29. The van der Waals surface area contributed by atoms with Gasteiger partial charge in [-0.1, -0.05) is 39.0 Å². The predicted molar refractivity (Wildman–Crippen MR) is 70.7 cm³/mol. The molecule has 2 fully saturated rings. The molecule has 100 valence electrons. The average molecular weight is 248 g/mol. The van der Waals surface area contributed by atoms with Gasteiger partial charge in [-0.25, -0.2) is 0 Å². The smallest absolute Gasteiger partial charge is 0.243 e. The third-order valence-corrected chi connectivity index (χ3v) is 4.73. The first-order valence-electron chi connectivity index (χ1n) is 7.42. The van der Waals surface area contributed by atoms with Crippen LogP contribution in [0.25, 0.3) is 0 Å². The van der Waals surface area contributed by atoms with Crippen molar-refractivity contribution in [1.29, 1.82) is 5.26 Å². The molecule has 0 radical (unpaired) electrons. The van der Waals surface area contributed by atoms with E-state index in [2.05, 4.69) is 13.0 Å². The van der Waals surface area contributed by atoms with Crippen LogP contribution in [0.3, 0.4) is 0 Å². The largest absolute Gasteiger partial charge is 0.341 e. The number of hydrogen-bond acceptors (Lipinski definition) is 2. The van der Waals surface area contributed by atoms with E-state index in [1.54, 1.807) is 0 Å². The maximum Gasteiger partial charge on any atom is 0.243 e. The summed E-state index contributed by atoms with van der Waals surface area (Å²) in [4.78, 5) is 14.6. The Kier molecular flexibility index (Phi) is 4.27.